The van der Waals surface area contributed by atoms with Gasteiger partial charge in [-0.2, -0.15) is 0 Å². The van der Waals surface area contributed by atoms with Crippen molar-refractivity contribution in [2.45, 2.75) is 25.3 Å². The molecule has 2 aliphatic rings. The van der Waals surface area contributed by atoms with Gasteiger partial charge in [-0.05, 0) is 31.4 Å². The van der Waals surface area contributed by atoms with Crippen LogP contribution in [0.4, 0.5) is 5.69 Å². The Labute approximate surface area is 127 Å². The Bertz CT molecular complexity index is 515. The van der Waals surface area contributed by atoms with Gasteiger partial charge in [0.2, 0.25) is 0 Å². The van der Waals surface area contributed by atoms with Crippen LogP contribution in [-0.4, -0.2) is 30.7 Å². The fourth-order valence-electron chi connectivity index (χ4n) is 3.25. The lowest BCUT2D eigenvalue weighted by atomic mass is 9.98. The molecule has 3 rings (SSSR count). The molecule has 2 unspecified atom stereocenters. The normalized spacial score (nSPS) is 26.1. The summed E-state index contributed by atoms with van der Waals surface area (Å²) < 4.78 is 1.07. The maximum Gasteiger partial charge on any atom is 0.307 e. The van der Waals surface area contributed by atoms with Crippen LogP contribution in [0.5, 0.6) is 0 Å². The molecule has 2 saturated heterocycles. The second-order valence-electron chi connectivity index (χ2n) is 5.60. The van der Waals surface area contributed by atoms with Crippen LogP contribution in [0.1, 0.15) is 30.9 Å². The summed E-state index contributed by atoms with van der Waals surface area (Å²) in [5.74, 6) is -0.978. The zero-order valence-electron chi connectivity index (χ0n) is 11.3. The number of nitrogens with zero attached hydrogens (tertiary/aromatic N) is 1. The van der Waals surface area contributed by atoms with Crippen molar-refractivity contribution in [2.24, 2.45) is 5.92 Å². The Hall–Kier alpha value is -1.07. The molecule has 0 bridgehead atoms. The van der Waals surface area contributed by atoms with Gasteiger partial charge in [0.05, 0.1) is 5.92 Å². The molecule has 4 nitrogen and oxygen atoms in total. The predicted octanol–water partition coefficient (Wildman–Crippen LogP) is 2.78. The van der Waals surface area contributed by atoms with Crippen LogP contribution in [0, 0.1) is 5.92 Å². The van der Waals surface area contributed by atoms with Gasteiger partial charge in [-0.25, -0.2) is 0 Å². The van der Waals surface area contributed by atoms with E-state index in [-0.39, 0.29) is 12.0 Å². The van der Waals surface area contributed by atoms with Gasteiger partial charge >= 0.3 is 5.97 Å². The molecule has 2 heterocycles. The maximum atomic E-state index is 11.1. The number of carboxylic acid groups (broad SMARTS) is 1. The number of carboxylic acids is 1. The first-order valence-corrected chi connectivity index (χ1v) is 7.95. The molecule has 2 N–H and O–H groups in total. The van der Waals surface area contributed by atoms with E-state index in [1.54, 1.807) is 0 Å². The first-order valence-electron chi connectivity index (χ1n) is 7.16. The van der Waals surface area contributed by atoms with E-state index >= 15 is 0 Å². The van der Waals surface area contributed by atoms with Gasteiger partial charge in [-0.3, -0.25) is 4.79 Å². The molecule has 0 aliphatic carbocycles. The summed E-state index contributed by atoms with van der Waals surface area (Å²) in [6.45, 7) is 2.75. The van der Waals surface area contributed by atoms with E-state index in [2.05, 4.69) is 38.3 Å². The van der Waals surface area contributed by atoms with Gasteiger partial charge in [0.1, 0.15) is 0 Å². The van der Waals surface area contributed by atoms with Gasteiger partial charge in [0, 0.05) is 41.4 Å². The molecule has 2 aliphatic heterocycles. The second-order valence-corrected chi connectivity index (χ2v) is 6.45. The van der Waals surface area contributed by atoms with E-state index < -0.39 is 5.97 Å². The number of rotatable bonds is 3. The number of carbonyl (C=O) groups is 1. The van der Waals surface area contributed by atoms with Crippen molar-refractivity contribution in [2.75, 3.05) is 24.5 Å². The standard InChI is InChI=1S/C15H19BrN2O2/c16-11-4-3-5-13(18-6-1-2-7-18)14(11)12-8-10(9-17-12)15(19)20/h3-5,10,12,17H,1-2,6-9H2,(H,19,20). The average molecular weight is 339 g/mol. The predicted molar refractivity (Wildman–Crippen MR) is 82.1 cm³/mol. The summed E-state index contributed by atoms with van der Waals surface area (Å²) in [6, 6.07) is 6.39. The summed E-state index contributed by atoms with van der Waals surface area (Å²) in [6.07, 6.45) is 3.14. The molecule has 2 fully saturated rings. The van der Waals surface area contributed by atoms with Crippen LogP contribution in [0.15, 0.2) is 22.7 Å². The fraction of sp³-hybridized carbons (Fsp3) is 0.533. The largest absolute Gasteiger partial charge is 0.481 e. The van der Waals surface area contributed by atoms with Crippen molar-refractivity contribution in [3.05, 3.63) is 28.2 Å². The molecule has 1 aromatic carbocycles. The SMILES string of the molecule is O=C(O)C1CNC(c2c(Br)cccc2N2CCCC2)C1. The molecular weight excluding hydrogens is 320 g/mol. The first kappa shape index (κ1) is 13.9. The minimum absolute atomic E-state index is 0.127. The lowest BCUT2D eigenvalue weighted by Crippen LogP contribution is -2.23. The van der Waals surface area contributed by atoms with E-state index in [0.29, 0.717) is 13.0 Å². The van der Waals surface area contributed by atoms with E-state index in [0.717, 1.165) is 17.6 Å². The monoisotopic (exact) mass is 338 g/mol. The van der Waals surface area contributed by atoms with E-state index in [1.807, 2.05) is 6.07 Å². The topological polar surface area (TPSA) is 52.6 Å². The summed E-state index contributed by atoms with van der Waals surface area (Å²) in [5, 5.41) is 12.5. The molecular formula is C15H19BrN2O2. The summed E-state index contributed by atoms with van der Waals surface area (Å²) in [7, 11) is 0. The van der Waals surface area contributed by atoms with Crippen LogP contribution in [-0.2, 0) is 4.79 Å². The molecule has 2 atom stereocenters. The highest BCUT2D eigenvalue weighted by atomic mass is 79.9. The smallest absolute Gasteiger partial charge is 0.307 e. The van der Waals surface area contributed by atoms with Crippen molar-refractivity contribution in [1.29, 1.82) is 0 Å². The van der Waals surface area contributed by atoms with Crippen LogP contribution >= 0.6 is 15.9 Å². The van der Waals surface area contributed by atoms with Crippen LogP contribution < -0.4 is 10.2 Å². The van der Waals surface area contributed by atoms with Crippen LogP contribution in [0.3, 0.4) is 0 Å². The fourth-order valence-corrected chi connectivity index (χ4v) is 3.88. The van der Waals surface area contributed by atoms with Crippen molar-refractivity contribution in [1.82, 2.24) is 5.32 Å². The second kappa shape index (κ2) is 5.74. The molecule has 1 aromatic rings. The van der Waals surface area contributed by atoms with Gasteiger partial charge in [-0.15, -0.1) is 0 Å². The quantitative estimate of drug-likeness (QED) is 0.889. The zero-order chi connectivity index (χ0) is 14.1. The molecule has 0 spiro atoms. The molecule has 0 saturated carbocycles. The van der Waals surface area contributed by atoms with E-state index in [1.165, 1.54) is 24.1 Å². The van der Waals surface area contributed by atoms with Crippen LogP contribution in [0.2, 0.25) is 0 Å². The number of hydrogen-bond acceptors (Lipinski definition) is 3. The minimum Gasteiger partial charge on any atom is -0.481 e. The Morgan fingerprint density at radius 3 is 2.75 bits per heavy atom. The summed E-state index contributed by atoms with van der Waals surface area (Å²) in [5.41, 5.74) is 2.47. The lowest BCUT2D eigenvalue weighted by Gasteiger charge is -2.25. The van der Waals surface area contributed by atoms with Gasteiger partial charge in [0.25, 0.3) is 0 Å². The number of benzene rings is 1. The van der Waals surface area contributed by atoms with Gasteiger partial charge < -0.3 is 15.3 Å². The van der Waals surface area contributed by atoms with Crippen LogP contribution in [0.25, 0.3) is 0 Å². The Balaban J connectivity index is 1.90. The Morgan fingerprint density at radius 1 is 1.35 bits per heavy atom. The zero-order valence-corrected chi connectivity index (χ0v) is 12.9. The minimum atomic E-state index is -0.699. The van der Waals surface area contributed by atoms with Gasteiger partial charge in [0.15, 0.2) is 0 Å². The first-order chi connectivity index (χ1) is 9.66. The van der Waals surface area contributed by atoms with Gasteiger partial charge in [-0.1, -0.05) is 22.0 Å². The third kappa shape index (κ3) is 2.56. The average Bonchev–Trinajstić information content (AvgIpc) is 3.10. The molecule has 0 radical (unpaired) electrons. The number of anilines is 1. The number of hydrogen-bond donors (Lipinski definition) is 2. The Kier molecular flexibility index (Phi) is 3.98. The summed E-state index contributed by atoms with van der Waals surface area (Å²) >= 11 is 3.65. The Morgan fingerprint density at radius 2 is 2.10 bits per heavy atom. The van der Waals surface area contributed by atoms with E-state index in [9.17, 15) is 4.79 Å². The molecule has 20 heavy (non-hydrogen) atoms. The highest BCUT2D eigenvalue weighted by Gasteiger charge is 2.33. The van der Waals surface area contributed by atoms with Crippen molar-refractivity contribution in [3.63, 3.8) is 0 Å². The van der Waals surface area contributed by atoms with E-state index in [4.69, 9.17) is 5.11 Å². The molecule has 0 amide bonds. The maximum absolute atomic E-state index is 11.1. The number of aliphatic carboxylic acids is 1. The molecule has 108 valence electrons. The van der Waals surface area contributed by atoms with Crippen molar-refractivity contribution in [3.8, 4) is 0 Å². The summed E-state index contributed by atoms with van der Waals surface area (Å²) in [4.78, 5) is 13.6. The number of nitrogens with one attached hydrogen (secondary N) is 1. The molecule has 0 aromatic heterocycles. The van der Waals surface area contributed by atoms with Crippen molar-refractivity contribution < 1.29 is 9.90 Å². The third-order valence-corrected chi connectivity index (χ3v) is 5.00. The third-order valence-electron chi connectivity index (χ3n) is 4.31. The molecule has 5 heteroatoms. The number of halogens is 1. The lowest BCUT2D eigenvalue weighted by molar-refractivity contribution is -0.141. The highest BCUT2D eigenvalue weighted by molar-refractivity contribution is 9.10. The highest BCUT2D eigenvalue weighted by Crippen LogP contribution is 2.39. The van der Waals surface area contributed by atoms with Crippen molar-refractivity contribution >= 4 is 27.6 Å².